The second kappa shape index (κ2) is 5.97. The SMILES string of the molecule is C=C[C@H]1COC2(CCCCC2)O[C@@H]1C1CCCCC1. The molecule has 0 aromatic heterocycles. The highest BCUT2D eigenvalue weighted by Gasteiger charge is 2.45. The summed E-state index contributed by atoms with van der Waals surface area (Å²) in [5.41, 5.74) is 0. The highest BCUT2D eigenvalue weighted by Crippen LogP contribution is 2.43. The van der Waals surface area contributed by atoms with E-state index in [2.05, 4.69) is 12.7 Å². The molecule has 1 heterocycles. The summed E-state index contributed by atoms with van der Waals surface area (Å²) in [6.45, 7) is 4.83. The van der Waals surface area contributed by atoms with Crippen molar-refractivity contribution in [1.29, 1.82) is 0 Å². The summed E-state index contributed by atoms with van der Waals surface area (Å²) in [4.78, 5) is 0. The summed E-state index contributed by atoms with van der Waals surface area (Å²) in [5, 5.41) is 0. The van der Waals surface area contributed by atoms with Gasteiger partial charge in [-0.05, 0) is 31.6 Å². The third-order valence-electron chi connectivity index (χ3n) is 5.34. The van der Waals surface area contributed by atoms with E-state index in [1.807, 2.05) is 0 Å². The van der Waals surface area contributed by atoms with Crippen molar-refractivity contribution in [1.82, 2.24) is 0 Å². The first-order chi connectivity index (χ1) is 9.33. The van der Waals surface area contributed by atoms with Gasteiger partial charge in [0.2, 0.25) is 0 Å². The molecule has 0 bridgehead atoms. The fourth-order valence-corrected chi connectivity index (χ4v) is 4.18. The van der Waals surface area contributed by atoms with Crippen LogP contribution in [-0.4, -0.2) is 18.5 Å². The quantitative estimate of drug-likeness (QED) is 0.686. The Hall–Kier alpha value is -0.340. The van der Waals surface area contributed by atoms with Crippen molar-refractivity contribution in [2.75, 3.05) is 6.61 Å². The minimum absolute atomic E-state index is 0.236. The molecule has 0 aromatic rings. The van der Waals surface area contributed by atoms with Gasteiger partial charge in [0.25, 0.3) is 0 Å². The maximum absolute atomic E-state index is 6.56. The van der Waals surface area contributed by atoms with Crippen molar-refractivity contribution in [3.05, 3.63) is 12.7 Å². The first-order valence-electron chi connectivity index (χ1n) is 8.27. The van der Waals surface area contributed by atoms with Gasteiger partial charge in [-0.25, -0.2) is 0 Å². The summed E-state index contributed by atoms with van der Waals surface area (Å²) in [6.07, 6.45) is 15.3. The molecule has 2 heteroatoms. The minimum Gasteiger partial charge on any atom is -0.349 e. The van der Waals surface area contributed by atoms with Crippen molar-refractivity contribution in [2.45, 2.75) is 76.1 Å². The molecule has 2 saturated carbocycles. The van der Waals surface area contributed by atoms with Crippen LogP contribution in [0.25, 0.3) is 0 Å². The molecule has 0 aromatic carbocycles. The Bertz CT molecular complexity index is 300. The van der Waals surface area contributed by atoms with Gasteiger partial charge in [-0.3, -0.25) is 0 Å². The van der Waals surface area contributed by atoms with Gasteiger partial charge in [0.05, 0.1) is 12.7 Å². The number of rotatable bonds is 2. The molecule has 108 valence electrons. The summed E-state index contributed by atoms with van der Waals surface area (Å²) in [5.74, 6) is 0.898. The molecule has 3 aliphatic rings. The Balaban J connectivity index is 1.71. The average molecular weight is 264 g/mol. The zero-order valence-electron chi connectivity index (χ0n) is 12.1. The lowest BCUT2D eigenvalue weighted by Gasteiger charge is -2.48. The van der Waals surface area contributed by atoms with Gasteiger partial charge >= 0.3 is 0 Å². The second-order valence-corrected chi connectivity index (χ2v) is 6.66. The highest BCUT2D eigenvalue weighted by molar-refractivity contribution is 4.95. The zero-order valence-corrected chi connectivity index (χ0v) is 12.1. The Labute approximate surface area is 117 Å². The van der Waals surface area contributed by atoms with E-state index in [1.165, 1.54) is 51.4 Å². The maximum Gasteiger partial charge on any atom is 0.168 e. The number of ether oxygens (including phenoxy) is 2. The van der Waals surface area contributed by atoms with Gasteiger partial charge < -0.3 is 9.47 Å². The molecule has 0 N–H and O–H groups in total. The van der Waals surface area contributed by atoms with E-state index in [4.69, 9.17) is 9.47 Å². The summed E-state index contributed by atoms with van der Waals surface area (Å²) < 4.78 is 12.7. The van der Waals surface area contributed by atoms with Gasteiger partial charge in [0, 0.05) is 18.8 Å². The fraction of sp³-hybridized carbons (Fsp3) is 0.882. The first kappa shape index (κ1) is 13.6. The van der Waals surface area contributed by atoms with Crippen LogP contribution in [0.15, 0.2) is 12.7 Å². The number of hydrogen-bond donors (Lipinski definition) is 0. The van der Waals surface area contributed by atoms with Gasteiger partial charge in [-0.1, -0.05) is 31.8 Å². The van der Waals surface area contributed by atoms with E-state index in [1.54, 1.807) is 0 Å². The molecular weight excluding hydrogens is 236 g/mol. The van der Waals surface area contributed by atoms with Gasteiger partial charge in [-0.15, -0.1) is 6.58 Å². The molecule has 1 spiro atoms. The van der Waals surface area contributed by atoms with Crippen LogP contribution < -0.4 is 0 Å². The van der Waals surface area contributed by atoms with E-state index in [0.29, 0.717) is 12.0 Å². The molecule has 2 aliphatic carbocycles. The normalized spacial score (nSPS) is 36.2. The van der Waals surface area contributed by atoms with Crippen molar-refractivity contribution in [2.24, 2.45) is 11.8 Å². The molecule has 2 atom stereocenters. The standard InChI is InChI=1S/C17H28O2/c1-2-14-13-18-17(11-7-4-8-12-17)19-16(14)15-9-5-3-6-10-15/h2,14-16H,1,3-13H2/t14-,16-/m0/s1. The third kappa shape index (κ3) is 2.90. The lowest BCUT2D eigenvalue weighted by atomic mass is 9.79. The minimum atomic E-state index is -0.236. The Morgan fingerprint density at radius 3 is 2.32 bits per heavy atom. The predicted octanol–water partition coefficient (Wildman–Crippen LogP) is 4.44. The Morgan fingerprint density at radius 1 is 0.947 bits per heavy atom. The molecule has 0 amide bonds. The van der Waals surface area contributed by atoms with Crippen LogP contribution in [0.3, 0.4) is 0 Å². The van der Waals surface area contributed by atoms with E-state index >= 15 is 0 Å². The molecular formula is C17H28O2. The maximum atomic E-state index is 6.56. The smallest absolute Gasteiger partial charge is 0.168 e. The molecule has 0 radical (unpaired) electrons. The summed E-state index contributed by atoms with van der Waals surface area (Å²) >= 11 is 0. The Kier molecular flexibility index (Phi) is 4.28. The molecule has 1 aliphatic heterocycles. The third-order valence-corrected chi connectivity index (χ3v) is 5.34. The second-order valence-electron chi connectivity index (χ2n) is 6.66. The molecule has 1 saturated heterocycles. The first-order valence-corrected chi connectivity index (χ1v) is 8.27. The molecule has 3 rings (SSSR count). The van der Waals surface area contributed by atoms with E-state index in [0.717, 1.165) is 25.4 Å². The van der Waals surface area contributed by atoms with Crippen LogP contribution in [0.2, 0.25) is 0 Å². The van der Waals surface area contributed by atoms with E-state index in [-0.39, 0.29) is 5.79 Å². The van der Waals surface area contributed by atoms with Crippen LogP contribution in [0.1, 0.15) is 64.2 Å². The fourth-order valence-electron chi connectivity index (χ4n) is 4.18. The summed E-state index contributed by atoms with van der Waals surface area (Å²) in [7, 11) is 0. The zero-order chi connectivity index (χ0) is 13.1. The highest BCUT2D eigenvalue weighted by atomic mass is 16.7. The molecule has 19 heavy (non-hydrogen) atoms. The Morgan fingerprint density at radius 2 is 1.63 bits per heavy atom. The van der Waals surface area contributed by atoms with Crippen LogP contribution in [0.4, 0.5) is 0 Å². The molecule has 0 unspecified atom stereocenters. The van der Waals surface area contributed by atoms with Crippen LogP contribution in [0, 0.1) is 11.8 Å². The number of hydrogen-bond acceptors (Lipinski definition) is 2. The van der Waals surface area contributed by atoms with Crippen LogP contribution in [-0.2, 0) is 9.47 Å². The van der Waals surface area contributed by atoms with Crippen molar-refractivity contribution >= 4 is 0 Å². The topological polar surface area (TPSA) is 18.5 Å². The molecule has 3 fully saturated rings. The van der Waals surface area contributed by atoms with Gasteiger partial charge in [-0.2, -0.15) is 0 Å². The van der Waals surface area contributed by atoms with E-state index < -0.39 is 0 Å². The monoisotopic (exact) mass is 264 g/mol. The largest absolute Gasteiger partial charge is 0.349 e. The van der Waals surface area contributed by atoms with Crippen molar-refractivity contribution in [3.8, 4) is 0 Å². The lowest BCUT2D eigenvalue weighted by Crippen LogP contribution is -2.52. The lowest BCUT2D eigenvalue weighted by molar-refractivity contribution is -0.326. The molecule has 2 nitrogen and oxygen atoms in total. The van der Waals surface area contributed by atoms with Crippen molar-refractivity contribution < 1.29 is 9.47 Å². The van der Waals surface area contributed by atoms with E-state index in [9.17, 15) is 0 Å². The predicted molar refractivity (Wildman–Crippen MR) is 76.9 cm³/mol. The average Bonchev–Trinajstić information content (AvgIpc) is 2.49. The van der Waals surface area contributed by atoms with Crippen LogP contribution in [0.5, 0.6) is 0 Å². The van der Waals surface area contributed by atoms with Crippen molar-refractivity contribution in [3.63, 3.8) is 0 Å². The summed E-state index contributed by atoms with van der Waals surface area (Å²) in [6, 6.07) is 0. The van der Waals surface area contributed by atoms with Crippen LogP contribution >= 0.6 is 0 Å². The van der Waals surface area contributed by atoms with Gasteiger partial charge in [0.15, 0.2) is 5.79 Å². The van der Waals surface area contributed by atoms with Gasteiger partial charge in [0.1, 0.15) is 0 Å².